The summed E-state index contributed by atoms with van der Waals surface area (Å²) in [5.74, 6) is 0.713. The van der Waals surface area contributed by atoms with Gasteiger partial charge in [-0.05, 0) is 47.2 Å². The van der Waals surface area contributed by atoms with Crippen LogP contribution in [0.25, 0.3) is 5.69 Å². The first-order valence-corrected chi connectivity index (χ1v) is 8.96. The molecular formula is C18H19N5O2S. The molecule has 1 aromatic heterocycles. The van der Waals surface area contributed by atoms with Gasteiger partial charge < -0.3 is 10.1 Å². The molecule has 1 atom stereocenters. The molecule has 0 radical (unpaired) electrons. The van der Waals surface area contributed by atoms with E-state index in [0.29, 0.717) is 11.7 Å². The third-order valence-corrected chi connectivity index (χ3v) is 4.75. The Labute approximate surface area is 155 Å². The molecule has 0 bridgehead atoms. The van der Waals surface area contributed by atoms with E-state index in [9.17, 15) is 4.79 Å². The highest BCUT2D eigenvalue weighted by Gasteiger charge is 2.19. The lowest BCUT2D eigenvalue weighted by atomic mass is 10.2. The average molecular weight is 369 g/mol. The first kappa shape index (κ1) is 17.9. The summed E-state index contributed by atoms with van der Waals surface area (Å²) in [6, 6.07) is 17.2. The number of nitrogens with one attached hydrogen (secondary N) is 1. The molecule has 26 heavy (non-hydrogen) atoms. The van der Waals surface area contributed by atoms with E-state index in [-0.39, 0.29) is 11.2 Å². The molecule has 7 nitrogen and oxygen atoms in total. The summed E-state index contributed by atoms with van der Waals surface area (Å²) in [5.41, 5.74) is 1.86. The summed E-state index contributed by atoms with van der Waals surface area (Å²) in [6.45, 7) is 2.29. The van der Waals surface area contributed by atoms with Gasteiger partial charge in [-0.3, -0.25) is 4.79 Å². The molecule has 134 valence electrons. The average Bonchev–Trinajstić information content (AvgIpc) is 3.15. The van der Waals surface area contributed by atoms with Gasteiger partial charge in [0, 0.05) is 6.54 Å². The van der Waals surface area contributed by atoms with Crippen LogP contribution in [0.5, 0.6) is 5.75 Å². The van der Waals surface area contributed by atoms with Gasteiger partial charge >= 0.3 is 0 Å². The minimum atomic E-state index is -0.332. The minimum absolute atomic E-state index is 0.0755. The third kappa shape index (κ3) is 4.40. The monoisotopic (exact) mass is 369 g/mol. The molecule has 0 fully saturated rings. The molecule has 0 saturated carbocycles. The number of nitrogens with zero attached hydrogens (tertiary/aromatic N) is 4. The number of aromatic nitrogens is 4. The molecule has 1 amide bonds. The quantitative estimate of drug-likeness (QED) is 0.644. The normalized spacial score (nSPS) is 11.8. The number of methoxy groups -OCH3 is 1. The Morgan fingerprint density at radius 2 is 1.92 bits per heavy atom. The predicted octanol–water partition coefficient (Wildman–Crippen LogP) is 2.47. The lowest BCUT2D eigenvalue weighted by Gasteiger charge is -2.12. The van der Waals surface area contributed by atoms with Crippen molar-refractivity contribution in [3.05, 3.63) is 60.2 Å². The van der Waals surface area contributed by atoms with Crippen LogP contribution in [0, 0.1) is 0 Å². The second kappa shape index (κ2) is 8.48. The second-order valence-corrected chi connectivity index (χ2v) is 6.84. The highest BCUT2D eigenvalue weighted by molar-refractivity contribution is 8.00. The number of hydrogen-bond acceptors (Lipinski definition) is 6. The van der Waals surface area contributed by atoms with Crippen LogP contribution in [0.2, 0.25) is 0 Å². The van der Waals surface area contributed by atoms with Crippen LogP contribution in [-0.2, 0) is 11.3 Å². The Morgan fingerprint density at radius 3 is 2.62 bits per heavy atom. The van der Waals surface area contributed by atoms with E-state index >= 15 is 0 Å². The van der Waals surface area contributed by atoms with Crippen LogP contribution in [0.1, 0.15) is 12.5 Å². The predicted molar refractivity (Wildman–Crippen MR) is 99.3 cm³/mol. The van der Waals surface area contributed by atoms with Crippen molar-refractivity contribution in [2.24, 2.45) is 0 Å². The molecule has 1 N–H and O–H groups in total. The smallest absolute Gasteiger partial charge is 0.233 e. The van der Waals surface area contributed by atoms with Crippen LogP contribution < -0.4 is 10.1 Å². The number of benzene rings is 2. The van der Waals surface area contributed by atoms with Crippen LogP contribution in [0.15, 0.2) is 59.8 Å². The fourth-order valence-electron chi connectivity index (χ4n) is 2.27. The largest absolute Gasteiger partial charge is 0.497 e. The highest BCUT2D eigenvalue weighted by atomic mass is 32.2. The van der Waals surface area contributed by atoms with Crippen molar-refractivity contribution in [1.29, 1.82) is 0 Å². The standard InChI is InChI=1S/C18H19N5O2S/c1-13(17(24)19-12-14-8-10-16(25-2)11-9-14)26-18-20-21-22-23(18)15-6-4-3-5-7-15/h3-11,13H,12H2,1-2H3,(H,19,24). The maximum absolute atomic E-state index is 12.4. The zero-order valence-corrected chi connectivity index (χ0v) is 15.3. The van der Waals surface area contributed by atoms with Gasteiger partial charge in [-0.15, -0.1) is 5.10 Å². The number of tetrazole rings is 1. The van der Waals surface area contributed by atoms with Gasteiger partial charge in [0.25, 0.3) is 0 Å². The van der Waals surface area contributed by atoms with Crippen LogP contribution in [-0.4, -0.2) is 38.5 Å². The second-order valence-electron chi connectivity index (χ2n) is 5.53. The molecule has 0 aliphatic rings. The Bertz CT molecular complexity index is 852. The van der Waals surface area contributed by atoms with Crippen molar-refractivity contribution in [3.63, 3.8) is 0 Å². The molecule has 8 heteroatoms. The molecule has 3 rings (SSSR count). The SMILES string of the molecule is COc1ccc(CNC(=O)C(C)Sc2nnnn2-c2ccccc2)cc1. The Hall–Kier alpha value is -2.87. The maximum Gasteiger partial charge on any atom is 0.233 e. The van der Waals surface area contributed by atoms with Crippen LogP contribution in [0.4, 0.5) is 0 Å². The molecule has 3 aromatic rings. The van der Waals surface area contributed by atoms with Crippen molar-refractivity contribution in [1.82, 2.24) is 25.5 Å². The van der Waals surface area contributed by atoms with E-state index in [2.05, 4.69) is 20.8 Å². The summed E-state index contributed by atoms with van der Waals surface area (Å²) in [4.78, 5) is 12.4. The van der Waals surface area contributed by atoms with E-state index in [0.717, 1.165) is 17.0 Å². The number of para-hydroxylation sites is 1. The van der Waals surface area contributed by atoms with E-state index < -0.39 is 0 Å². The minimum Gasteiger partial charge on any atom is -0.497 e. The number of rotatable bonds is 7. The van der Waals surface area contributed by atoms with E-state index in [4.69, 9.17) is 4.74 Å². The third-order valence-electron chi connectivity index (χ3n) is 3.72. The van der Waals surface area contributed by atoms with Crippen LogP contribution in [0.3, 0.4) is 0 Å². The summed E-state index contributed by atoms with van der Waals surface area (Å²) in [7, 11) is 1.62. The zero-order chi connectivity index (χ0) is 18.4. The van der Waals surface area contributed by atoms with E-state index in [1.54, 1.807) is 11.8 Å². The fraction of sp³-hybridized carbons (Fsp3) is 0.222. The summed E-state index contributed by atoms with van der Waals surface area (Å²) in [5, 5.41) is 14.9. The Morgan fingerprint density at radius 1 is 1.19 bits per heavy atom. The first-order valence-electron chi connectivity index (χ1n) is 8.08. The van der Waals surface area contributed by atoms with E-state index in [1.165, 1.54) is 11.8 Å². The van der Waals surface area contributed by atoms with Gasteiger partial charge in [0.15, 0.2) is 0 Å². The van der Waals surface area contributed by atoms with Gasteiger partial charge in [0.05, 0.1) is 18.0 Å². The highest BCUT2D eigenvalue weighted by Crippen LogP contribution is 2.23. The Kier molecular flexibility index (Phi) is 5.85. The number of ether oxygens (including phenoxy) is 1. The number of carbonyl (C=O) groups excluding carboxylic acids is 1. The number of amides is 1. The molecule has 0 aliphatic carbocycles. The maximum atomic E-state index is 12.4. The topological polar surface area (TPSA) is 81.9 Å². The fourth-order valence-corrected chi connectivity index (χ4v) is 3.10. The van der Waals surface area contributed by atoms with Gasteiger partial charge in [-0.1, -0.05) is 42.1 Å². The van der Waals surface area contributed by atoms with E-state index in [1.807, 2.05) is 61.5 Å². The van der Waals surface area contributed by atoms with Crippen molar-refractivity contribution in [2.75, 3.05) is 7.11 Å². The lowest BCUT2D eigenvalue weighted by Crippen LogP contribution is -2.30. The number of carbonyl (C=O) groups is 1. The summed E-state index contributed by atoms with van der Waals surface area (Å²) in [6.07, 6.45) is 0. The zero-order valence-electron chi connectivity index (χ0n) is 14.5. The molecule has 0 saturated heterocycles. The molecule has 1 unspecified atom stereocenters. The molecule has 0 spiro atoms. The molecule has 2 aromatic carbocycles. The number of hydrogen-bond donors (Lipinski definition) is 1. The summed E-state index contributed by atoms with van der Waals surface area (Å²) < 4.78 is 6.75. The Balaban J connectivity index is 1.59. The van der Waals surface area contributed by atoms with Gasteiger partial charge in [-0.25, -0.2) is 0 Å². The molecule has 0 aliphatic heterocycles. The van der Waals surface area contributed by atoms with Crippen molar-refractivity contribution in [3.8, 4) is 11.4 Å². The van der Waals surface area contributed by atoms with Gasteiger partial charge in [0.2, 0.25) is 11.1 Å². The van der Waals surface area contributed by atoms with Gasteiger partial charge in [-0.2, -0.15) is 4.68 Å². The van der Waals surface area contributed by atoms with Crippen LogP contribution >= 0.6 is 11.8 Å². The number of thioether (sulfide) groups is 1. The van der Waals surface area contributed by atoms with Crippen molar-refractivity contribution in [2.45, 2.75) is 23.9 Å². The summed E-state index contributed by atoms with van der Waals surface area (Å²) >= 11 is 1.32. The molecule has 1 heterocycles. The van der Waals surface area contributed by atoms with Crippen molar-refractivity contribution >= 4 is 17.7 Å². The first-order chi connectivity index (χ1) is 12.7. The lowest BCUT2D eigenvalue weighted by molar-refractivity contribution is -0.120. The van der Waals surface area contributed by atoms with Crippen molar-refractivity contribution < 1.29 is 9.53 Å². The van der Waals surface area contributed by atoms with Gasteiger partial charge in [0.1, 0.15) is 5.75 Å². The molecular weight excluding hydrogens is 350 g/mol.